The molecule has 1 unspecified atom stereocenters. The fourth-order valence-corrected chi connectivity index (χ4v) is 1.96. The zero-order chi connectivity index (χ0) is 15.3. The van der Waals surface area contributed by atoms with E-state index in [-0.39, 0.29) is 18.2 Å². The van der Waals surface area contributed by atoms with E-state index in [2.05, 4.69) is 5.32 Å². The third-order valence-corrected chi connectivity index (χ3v) is 4.09. The van der Waals surface area contributed by atoms with Crippen molar-refractivity contribution >= 4 is 23.5 Å². The summed E-state index contributed by atoms with van der Waals surface area (Å²) < 4.78 is 0. The lowest BCUT2D eigenvalue weighted by atomic mass is 9.76. The summed E-state index contributed by atoms with van der Waals surface area (Å²) >= 11 is 6.00. The van der Waals surface area contributed by atoms with E-state index in [9.17, 15) is 14.7 Å². The Morgan fingerprint density at radius 3 is 2.45 bits per heavy atom. The first kappa shape index (κ1) is 16.5. The summed E-state index contributed by atoms with van der Waals surface area (Å²) in [6.45, 7) is 5.49. The van der Waals surface area contributed by atoms with Crippen molar-refractivity contribution in [2.45, 2.75) is 33.7 Å². The van der Waals surface area contributed by atoms with Crippen LogP contribution in [-0.2, 0) is 16.1 Å². The van der Waals surface area contributed by atoms with Crippen molar-refractivity contribution < 1.29 is 14.7 Å². The molecule has 0 fully saturated rings. The highest BCUT2D eigenvalue weighted by Crippen LogP contribution is 2.31. The van der Waals surface area contributed by atoms with Crippen molar-refractivity contribution in [1.29, 1.82) is 0 Å². The van der Waals surface area contributed by atoms with E-state index < -0.39 is 11.4 Å². The molecule has 5 heteroatoms. The van der Waals surface area contributed by atoms with Crippen molar-refractivity contribution in [1.82, 2.24) is 5.32 Å². The number of rotatable bonds is 6. The molecule has 0 bridgehead atoms. The minimum Gasteiger partial charge on any atom is -0.481 e. The van der Waals surface area contributed by atoms with Gasteiger partial charge < -0.3 is 10.4 Å². The Labute approximate surface area is 124 Å². The second kappa shape index (κ2) is 6.75. The van der Waals surface area contributed by atoms with Gasteiger partial charge in [0.1, 0.15) is 0 Å². The molecule has 0 aliphatic heterocycles. The summed E-state index contributed by atoms with van der Waals surface area (Å²) in [6.07, 6.45) is -0.0511. The SMILES string of the molecule is CC(C)C(C)(CC(=O)NCc1ccccc1Cl)C(=O)O. The van der Waals surface area contributed by atoms with Gasteiger partial charge in [-0.15, -0.1) is 0 Å². The summed E-state index contributed by atoms with van der Waals surface area (Å²) in [7, 11) is 0. The van der Waals surface area contributed by atoms with Crippen molar-refractivity contribution in [2.24, 2.45) is 11.3 Å². The van der Waals surface area contributed by atoms with Crippen molar-refractivity contribution in [2.75, 3.05) is 0 Å². The zero-order valence-corrected chi connectivity index (χ0v) is 12.7. The predicted molar refractivity (Wildman–Crippen MR) is 78.5 cm³/mol. The average molecular weight is 298 g/mol. The van der Waals surface area contributed by atoms with Crippen LogP contribution in [0.5, 0.6) is 0 Å². The summed E-state index contributed by atoms with van der Waals surface area (Å²) in [6, 6.07) is 7.22. The van der Waals surface area contributed by atoms with E-state index >= 15 is 0 Å². The number of aliphatic carboxylic acids is 1. The molecule has 4 nitrogen and oxygen atoms in total. The smallest absolute Gasteiger partial charge is 0.310 e. The van der Waals surface area contributed by atoms with Crippen LogP contribution >= 0.6 is 11.6 Å². The van der Waals surface area contributed by atoms with E-state index in [1.807, 2.05) is 18.2 Å². The number of amides is 1. The van der Waals surface area contributed by atoms with Gasteiger partial charge in [0.25, 0.3) is 0 Å². The second-order valence-corrected chi connectivity index (χ2v) is 5.83. The molecule has 0 heterocycles. The van der Waals surface area contributed by atoms with E-state index in [1.54, 1.807) is 26.8 Å². The van der Waals surface area contributed by atoms with Gasteiger partial charge in [-0.1, -0.05) is 43.6 Å². The molecule has 1 atom stereocenters. The van der Waals surface area contributed by atoms with Crippen LogP contribution < -0.4 is 5.32 Å². The first-order valence-electron chi connectivity index (χ1n) is 6.51. The average Bonchev–Trinajstić information content (AvgIpc) is 2.37. The monoisotopic (exact) mass is 297 g/mol. The number of carboxylic acid groups (broad SMARTS) is 1. The highest BCUT2D eigenvalue weighted by molar-refractivity contribution is 6.31. The van der Waals surface area contributed by atoms with E-state index in [4.69, 9.17) is 11.6 Å². The Morgan fingerprint density at radius 2 is 1.95 bits per heavy atom. The molecule has 1 aromatic rings. The first-order valence-corrected chi connectivity index (χ1v) is 6.88. The highest BCUT2D eigenvalue weighted by atomic mass is 35.5. The summed E-state index contributed by atoms with van der Waals surface area (Å²) in [5.74, 6) is -1.38. The second-order valence-electron chi connectivity index (χ2n) is 5.42. The Morgan fingerprint density at radius 1 is 1.35 bits per heavy atom. The minimum atomic E-state index is -1.06. The molecule has 2 N–H and O–H groups in total. The Hall–Kier alpha value is -1.55. The molecule has 0 spiro atoms. The van der Waals surface area contributed by atoms with Crippen molar-refractivity contribution in [3.8, 4) is 0 Å². The molecule has 0 radical (unpaired) electrons. The molecule has 20 heavy (non-hydrogen) atoms. The number of hydrogen-bond acceptors (Lipinski definition) is 2. The fourth-order valence-electron chi connectivity index (χ4n) is 1.76. The number of halogens is 1. The molecule has 0 aliphatic rings. The summed E-state index contributed by atoms with van der Waals surface area (Å²) in [5.41, 5.74) is -0.256. The standard InChI is InChI=1S/C15H20ClNO3/c1-10(2)15(3,14(19)20)8-13(18)17-9-11-6-4-5-7-12(11)16/h4-7,10H,8-9H2,1-3H3,(H,17,18)(H,19,20). The number of nitrogens with one attached hydrogen (secondary N) is 1. The molecule has 0 aliphatic carbocycles. The maximum absolute atomic E-state index is 11.9. The van der Waals surface area contributed by atoms with Crippen LogP contribution in [0.2, 0.25) is 5.02 Å². The number of carbonyl (C=O) groups excluding carboxylic acids is 1. The molecule has 0 aromatic heterocycles. The molecular weight excluding hydrogens is 278 g/mol. The lowest BCUT2D eigenvalue weighted by molar-refractivity contribution is -0.153. The number of benzene rings is 1. The van der Waals surface area contributed by atoms with Crippen LogP contribution in [0, 0.1) is 11.3 Å². The van der Waals surface area contributed by atoms with Crippen LogP contribution in [0.3, 0.4) is 0 Å². The van der Waals surface area contributed by atoms with Gasteiger partial charge in [-0.05, 0) is 24.5 Å². The highest BCUT2D eigenvalue weighted by Gasteiger charge is 2.38. The minimum absolute atomic E-state index is 0.0511. The van der Waals surface area contributed by atoms with Gasteiger partial charge >= 0.3 is 5.97 Å². The van der Waals surface area contributed by atoms with Gasteiger partial charge in [0.2, 0.25) is 5.91 Å². The van der Waals surface area contributed by atoms with Gasteiger partial charge in [-0.25, -0.2) is 0 Å². The summed E-state index contributed by atoms with van der Waals surface area (Å²) in [5, 5.41) is 12.6. The molecular formula is C15H20ClNO3. The van der Waals surface area contributed by atoms with Crippen LogP contribution in [0.1, 0.15) is 32.8 Å². The quantitative estimate of drug-likeness (QED) is 0.848. The lowest BCUT2D eigenvalue weighted by Gasteiger charge is -2.28. The van der Waals surface area contributed by atoms with Gasteiger partial charge in [-0.2, -0.15) is 0 Å². The number of hydrogen-bond donors (Lipinski definition) is 2. The Kier molecular flexibility index (Phi) is 5.57. The van der Waals surface area contributed by atoms with Gasteiger partial charge in [0.05, 0.1) is 5.41 Å². The van der Waals surface area contributed by atoms with Crippen molar-refractivity contribution in [3.63, 3.8) is 0 Å². The Bertz CT molecular complexity index is 502. The molecule has 0 saturated carbocycles. The van der Waals surface area contributed by atoms with Gasteiger partial charge in [0, 0.05) is 18.0 Å². The third-order valence-electron chi connectivity index (χ3n) is 3.72. The maximum atomic E-state index is 11.9. The molecule has 0 saturated heterocycles. The van der Waals surface area contributed by atoms with E-state index in [0.29, 0.717) is 11.6 Å². The van der Waals surface area contributed by atoms with Gasteiger partial charge in [0.15, 0.2) is 0 Å². The topological polar surface area (TPSA) is 66.4 Å². The largest absolute Gasteiger partial charge is 0.481 e. The van der Waals surface area contributed by atoms with Crippen molar-refractivity contribution in [3.05, 3.63) is 34.9 Å². The van der Waals surface area contributed by atoms with Crippen LogP contribution in [0.15, 0.2) is 24.3 Å². The Balaban J connectivity index is 2.64. The van der Waals surface area contributed by atoms with Crippen LogP contribution in [0.25, 0.3) is 0 Å². The van der Waals surface area contributed by atoms with Gasteiger partial charge in [-0.3, -0.25) is 9.59 Å². The molecule has 1 aromatic carbocycles. The molecule has 110 valence electrons. The van der Waals surface area contributed by atoms with E-state index in [1.165, 1.54) is 0 Å². The number of carbonyl (C=O) groups is 2. The maximum Gasteiger partial charge on any atom is 0.310 e. The molecule has 1 rings (SSSR count). The van der Waals surface area contributed by atoms with Crippen LogP contribution in [-0.4, -0.2) is 17.0 Å². The summed E-state index contributed by atoms with van der Waals surface area (Å²) in [4.78, 5) is 23.3. The zero-order valence-electron chi connectivity index (χ0n) is 11.9. The normalized spacial score (nSPS) is 13.8. The number of carboxylic acids is 1. The lowest BCUT2D eigenvalue weighted by Crippen LogP contribution is -2.39. The predicted octanol–water partition coefficient (Wildman–Crippen LogP) is 3.09. The fraction of sp³-hybridized carbons (Fsp3) is 0.467. The first-order chi connectivity index (χ1) is 9.27. The third kappa shape index (κ3) is 3.97. The van der Waals surface area contributed by atoms with Crippen LogP contribution in [0.4, 0.5) is 0 Å². The van der Waals surface area contributed by atoms with E-state index in [0.717, 1.165) is 5.56 Å². The molecule has 1 amide bonds.